The molecule has 2 rings (SSSR count). The SMILES string of the molecule is CCOC(=O)c1nocc1C1/C(=C(\O)OCC)[N+](=O)OC1C(=O)OCC. The lowest BCUT2D eigenvalue weighted by Gasteiger charge is -2.10. The Morgan fingerprint density at radius 3 is 2.46 bits per heavy atom. The molecule has 0 aromatic carbocycles. The summed E-state index contributed by atoms with van der Waals surface area (Å²) in [5.74, 6) is -3.69. The topological polar surface area (TPSA) is 137 Å². The van der Waals surface area contributed by atoms with E-state index in [1.54, 1.807) is 20.8 Å². The van der Waals surface area contributed by atoms with Crippen molar-refractivity contribution < 1.29 is 43.2 Å². The lowest BCUT2D eigenvalue weighted by atomic mass is 9.91. The van der Waals surface area contributed by atoms with Crippen LogP contribution in [0.1, 0.15) is 42.7 Å². The minimum Gasteiger partial charge on any atom is -0.476 e. The molecule has 2 heterocycles. The molecule has 1 aromatic rings. The summed E-state index contributed by atoms with van der Waals surface area (Å²) in [4.78, 5) is 41.3. The van der Waals surface area contributed by atoms with Crippen molar-refractivity contribution in [2.75, 3.05) is 19.8 Å². The first kappa shape index (κ1) is 19.2. The Labute approximate surface area is 148 Å². The fourth-order valence-corrected chi connectivity index (χ4v) is 2.43. The quantitative estimate of drug-likeness (QED) is 0.552. The number of aliphatic hydroxyl groups is 1. The highest BCUT2D eigenvalue weighted by Gasteiger charge is 2.59. The fourth-order valence-electron chi connectivity index (χ4n) is 2.43. The second-order valence-corrected chi connectivity index (χ2v) is 4.98. The Kier molecular flexibility index (Phi) is 6.15. The molecule has 0 radical (unpaired) electrons. The second-order valence-electron chi connectivity index (χ2n) is 4.98. The van der Waals surface area contributed by atoms with Crippen molar-refractivity contribution >= 4 is 11.9 Å². The molecule has 1 fully saturated rings. The van der Waals surface area contributed by atoms with Gasteiger partial charge in [-0.05, 0) is 20.8 Å². The number of hydrogen-bond acceptors (Lipinski definition) is 10. The monoisotopic (exact) mass is 371 g/mol. The zero-order valence-electron chi connectivity index (χ0n) is 14.5. The van der Waals surface area contributed by atoms with Crippen molar-refractivity contribution in [2.45, 2.75) is 32.8 Å². The average Bonchev–Trinajstić information content (AvgIpc) is 3.19. The summed E-state index contributed by atoms with van der Waals surface area (Å²) in [5, 5.41) is 13.6. The van der Waals surface area contributed by atoms with Gasteiger partial charge in [-0.25, -0.2) is 14.4 Å². The van der Waals surface area contributed by atoms with E-state index in [9.17, 15) is 19.6 Å². The molecule has 1 aliphatic heterocycles. The van der Waals surface area contributed by atoms with Gasteiger partial charge in [0, 0.05) is 5.56 Å². The van der Waals surface area contributed by atoms with Crippen LogP contribution in [0.25, 0.3) is 0 Å². The number of hydrogen-bond donors (Lipinski definition) is 1. The summed E-state index contributed by atoms with van der Waals surface area (Å²) in [5.41, 5.74) is -0.661. The van der Waals surface area contributed by atoms with Crippen LogP contribution in [0.5, 0.6) is 0 Å². The Morgan fingerprint density at radius 2 is 1.85 bits per heavy atom. The van der Waals surface area contributed by atoms with Crippen LogP contribution >= 0.6 is 0 Å². The summed E-state index contributed by atoms with van der Waals surface area (Å²) in [6.07, 6.45) is -0.414. The molecule has 26 heavy (non-hydrogen) atoms. The molecule has 2 atom stereocenters. The van der Waals surface area contributed by atoms with Crippen LogP contribution in [0.3, 0.4) is 0 Å². The zero-order chi connectivity index (χ0) is 19.3. The number of esters is 2. The highest BCUT2D eigenvalue weighted by atomic mass is 16.8. The van der Waals surface area contributed by atoms with Gasteiger partial charge in [-0.15, -0.1) is 0 Å². The number of nitrogens with zero attached hydrogens (tertiary/aromatic N) is 2. The van der Waals surface area contributed by atoms with E-state index in [0.29, 0.717) is 0 Å². The maximum absolute atomic E-state index is 12.2. The van der Waals surface area contributed by atoms with Crippen molar-refractivity contribution in [3.63, 3.8) is 0 Å². The molecule has 0 saturated carbocycles. The van der Waals surface area contributed by atoms with Crippen LogP contribution in [-0.2, 0) is 23.8 Å². The molecule has 142 valence electrons. The van der Waals surface area contributed by atoms with Gasteiger partial charge in [0.25, 0.3) is 11.0 Å². The summed E-state index contributed by atoms with van der Waals surface area (Å²) >= 11 is 0. The van der Waals surface area contributed by atoms with Crippen LogP contribution < -0.4 is 0 Å². The third-order valence-electron chi connectivity index (χ3n) is 3.42. The lowest BCUT2D eigenvalue weighted by Crippen LogP contribution is -2.29. The molecule has 0 amide bonds. The van der Waals surface area contributed by atoms with Gasteiger partial charge in [-0.2, -0.15) is 0 Å². The first-order valence-electron chi connectivity index (χ1n) is 7.94. The van der Waals surface area contributed by atoms with Gasteiger partial charge in [0.05, 0.1) is 24.7 Å². The molecule has 1 aromatic heterocycles. The van der Waals surface area contributed by atoms with E-state index in [1.165, 1.54) is 0 Å². The van der Waals surface area contributed by atoms with Gasteiger partial charge in [-0.1, -0.05) is 5.16 Å². The molecular weight excluding hydrogens is 352 g/mol. The van der Waals surface area contributed by atoms with E-state index in [1.807, 2.05) is 0 Å². The summed E-state index contributed by atoms with van der Waals surface area (Å²) in [6, 6.07) is 0. The molecule has 0 spiro atoms. The Hall–Kier alpha value is -3.11. The number of aromatic nitrogens is 1. The second kappa shape index (κ2) is 8.32. The van der Waals surface area contributed by atoms with Gasteiger partial charge in [0.15, 0.2) is 5.69 Å². The minimum atomic E-state index is -1.47. The minimum absolute atomic E-state index is 0.0149. The summed E-state index contributed by atoms with van der Waals surface area (Å²) in [6.45, 7) is 4.93. The van der Waals surface area contributed by atoms with Gasteiger partial charge in [0.2, 0.25) is 0 Å². The lowest BCUT2D eigenvalue weighted by molar-refractivity contribution is -0.756. The van der Waals surface area contributed by atoms with Crippen molar-refractivity contribution in [1.82, 2.24) is 5.16 Å². The van der Waals surface area contributed by atoms with Crippen molar-refractivity contribution in [1.29, 1.82) is 0 Å². The normalized spacial score (nSPS) is 21.1. The number of rotatable bonds is 7. The molecule has 11 nitrogen and oxygen atoms in total. The van der Waals surface area contributed by atoms with Gasteiger partial charge >= 0.3 is 23.6 Å². The number of ether oxygens (including phenoxy) is 3. The van der Waals surface area contributed by atoms with E-state index in [-0.39, 0.29) is 36.0 Å². The largest absolute Gasteiger partial charge is 0.476 e. The number of carbonyl (C=O) groups excluding carboxylic acids is 2. The molecule has 1 N–H and O–H groups in total. The Balaban J connectivity index is 2.55. The average molecular weight is 371 g/mol. The van der Waals surface area contributed by atoms with E-state index < -0.39 is 35.6 Å². The standard InChI is InChI=1S/C15H18N2O9/c1-4-22-13(18)10-8(7-25-16-10)9-11(14(19)23-5-2)17(21)26-12(9)15(20)24-6-3/h7,9,12H,4-6H2,1-3H3/p+1. The van der Waals surface area contributed by atoms with E-state index >= 15 is 0 Å². The highest BCUT2D eigenvalue weighted by molar-refractivity contribution is 5.89. The van der Waals surface area contributed by atoms with Crippen molar-refractivity contribution in [3.05, 3.63) is 34.1 Å². The van der Waals surface area contributed by atoms with E-state index in [2.05, 4.69) is 5.16 Å². The Bertz CT molecular complexity index is 724. The van der Waals surface area contributed by atoms with Gasteiger partial charge < -0.3 is 23.8 Å². The molecule has 11 heteroatoms. The highest BCUT2D eigenvalue weighted by Crippen LogP contribution is 2.40. The fraction of sp³-hybridized carbons (Fsp3) is 0.533. The molecule has 0 bridgehead atoms. The van der Waals surface area contributed by atoms with Crippen LogP contribution in [0.2, 0.25) is 0 Å². The molecule has 1 aliphatic rings. The molecule has 0 aliphatic carbocycles. The van der Waals surface area contributed by atoms with Crippen LogP contribution in [0.15, 0.2) is 22.4 Å². The van der Waals surface area contributed by atoms with Crippen molar-refractivity contribution in [2.24, 2.45) is 0 Å². The van der Waals surface area contributed by atoms with Crippen LogP contribution in [-0.4, -0.2) is 53.0 Å². The Morgan fingerprint density at radius 1 is 1.19 bits per heavy atom. The molecular formula is C15H19N2O9+. The predicted molar refractivity (Wildman–Crippen MR) is 81.6 cm³/mol. The maximum Gasteiger partial charge on any atom is 0.384 e. The van der Waals surface area contributed by atoms with E-state index in [0.717, 1.165) is 6.26 Å². The molecule has 2 unspecified atom stereocenters. The van der Waals surface area contributed by atoms with Crippen LogP contribution in [0.4, 0.5) is 0 Å². The maximum atomic E-state index is 12.2. The van der Waals surface area contributed by atoms with Crippen molar-refractivity contribution in [3.8, 4) is 0 Å². The first-order valence-corrected chi connectivity index (χ1v) is 7.94. The molecule has 1 saturated heterocycles. The first-order chi connectivity index (χ1) is 12.5. The smallest absolute Gasteiger partial charge is 0.384 e. The third kappa shape index (κ3) is 3.60. The van der Waals surface area contributed by atoms with Gasteiger partial charge in [-0.3, -0.25) is 0 Å². The van der Waals surface area contributed by atoms with E-state index in [4.69, 9.17) is 23.6 Å². The van der Waals surface area contributed by atoms with Gasteiger partial charge in [0.1, 0.15) is 12.2 Å². The number of aliphatic hydroxyl groups excluding tert-OH is 1. The summed E-state index contributed by atoms with van der Waals surface area (Å²) in [7, 11) is 0. The number of carbonyl (C=O) groups is 2. The third-order valence-corrected chi connectivity index (χ3v) is 3.42. The predicted octanol–water partition coefficient (Wildman–Crippen LogP) is 1.35. The summed E-state index contributed by atoms with van der Waals surface area (Å²) < 4.78 is 19.5. The van der Waals surface area contributed by atoms with Crippen LogP contribution in [0, 0.1) is 4.91 Å². The zero-order valence-corrected chi connectivity index (χ0v) is 14.5.